The predicted octanol–water partition coefficient (Wildman–Crippen LogP) is 1.69. The molecule has 2 heterocycles. The quantitative estimate of drug-likeness (QED) is 0.750. The van der Waals surface area contributed by atoms with Gasteiger partial charge >= 0.3 is 6.03 Å². The van der Waals surface area contributed by atoms with Gasteiger partial charge in [0.1, 0.15) is 0 Å². The number of amides is 3. The lowest BCUT2D eigenvalue weighted by Gasteiger charge is -2.33. The number of carbonyl (C=O) groups excluding carboxylic acids is 2. The summed E-state index contributed by atoms with van der Waals surface area (Å²) in [5, 5.41) is 3.06. The van der Waals surface area contributed by atoms with Crippen LogP contribution in [0, 0.1) is 5.41 Å². The van der Waals surface area contributed by atoms with Crippen molar-refractivity contribution in [3.63, 3.8) is 0 Å². The monoisotopic (exact) mass is 336 g/mol. The zero-order chi connectivity index (χ0) is 17.0. The highest BCUT2D eigenvalue weighted by molar-refractivity contribution is 5.80. The van der Waals surface area contributed by atoms with Gasteiger partial charge in [0, 0.05) is 26.2 Å². The minimum Gasteiger partial charge on any atom is -0.368 e. The fourth-order valence-corrected chi connectivity index (χ4v) is 4.82. The molecule has 1 aliphatic carbocycles. The summed E-state index contributed by atoms with van der Waals surface area (Å²) in [6, 6.07) is -0.0178. The molecule has 3 rings (SSSR count). The van der Waals surface area contributed by atoms with Gasteiger partial charge in [-0.15, -0.1) is 0 Å². The molecule has 2 saturated heterocycles. The standard InChI is InChI=1S/C18H32N4O2/c19-16(23)15-6-4-11-21(15)12-5-10-20-17(24)22-13-9-18(14-22)7-2-1-3-8-18/h15H,1-14H2,(H2,19,23)(H,20,24)/t15-/m0/s1. The molecule has 1 saturated carbocycles. The normalized spacial score (nSPS) is 26.8. The molecule has 1 atom stereocenters. The third-order valence-corrected chi connectivity index (χ3v) is 6.23. The van der Waals surface area contributed by atoms with Crippen molar-refractivity contribution in [3.05, 3.63) is 0 Å². The lowest BCUT2D eigenvalue weighted by Crippen LogP contribution is -2.43. The molecular formula is C18H32N4O2. The summed E-state index contributed by atoms with van der Waals surface area (Å²) in [6.07, 6.45) is 10.5. The van der Waals surface area contributed by atoms with Crippen molar-refractivity contribution >= 4 is 11.9 Å². The number of hydrogen-bond donors (Lipinski definition) is 2. The molecular weight excluding hydrogens is 304 g/mol. The van der Waals surface area contributed by atoms with E-state index in [-0.39, 0.29) is 18.0 Å². The zero-order valence-corrected chi connectivity index (χ0v) is 14.8. The largest absolute Gasteiger partial charge is 0.368 e. The van der Waals surface area contributed by atoms with Crippen LogP contribution in [0.3, 0.4) is 0 Å². The number of nitrogens with zero attached hydrogens (tertiary/aromatic N) is 2. The van der Waals surface area contributed by atoms with Gasteiger partial charge in [-0.3, -0.25) is 9.69 Å². The minimum absolute atomic E-state index is 0.0883. The molecule has 0 aromatic carbocycles. The van der Waals surface area contributed by atoms with Crippen LogP contribution in [0.15, 0.2) is 0 Å². The number of nitrogens with one attached hydrogen (secondary N) is 1. The molecule has 24 heavy (non-hydrogen) atoms. The van der Waals surface area contributed by atoms with Crippen molar-refractivity contribution in [2.75, 3.05) is 32.7 Å². The van der Waals surface area contributed by atoms with Crippen LogP contribution in [0.25, 0.3) is 0 Å². The van der Waals surface area contributed by atoms with E-state index in [1.807, 2.05) is 4.90 Å². The van der Waals surface area contributed by atoms with Gasteiger partial charge in [-0.25, -0.2) is 4.79 Å². The first-order valence-corrected chi connectivity index (χ1v) is 9.66. The predicted molar refractivity (Wildman–Crippen MR) is 93.5 cm³/mol. The van der Waals surface area contributed by atoms with Crippen LogP contribution >= 0.6 is 0 Å². The first-order valence-electron chi connectivity index (χ1n) is 9.66. The third kappa shape index (κ3) is 4.02. The molecule has 3 fully saturated rings. The number of hydrogen-bond acceptors (Lipinski definition) is 3. The van der Waals surface area contributed by atoms with Gasteiger partial charge in [-0.2, -0.15) is 0 Å². The molecule has 0 unspecified atom stereocenters. The van der Waals surface area contributed by atoms with Crippen LogP contribution in [0.5, 0.6) is 0 Å². The zero-order valence-electron chi connectivity index (χ0n) is 14.8. The molecule has 1 spiro atoms. The average molecular weight is 336 g/mol. The van der Waals surface area contributed by atoms with Crippen molar-refractivity contribution in [1.82, 2.24) is 15.1 Å². The van der Waals surface area contributed by atoms with Gasteiger partial charge in [0.05, 0.1) is 6.04 Å². The van der Waals surface area contributed by atoms with Gasteiger partial charge in [0.2, 0.25) is 5.91 Å². The van der Waals surface area contributed by atoms with E-state index in [0.29, 0.717) is 12.0 Å². The molecule has 0 bridgehead atoms. The van der Waals surface area contributed by atoms with Crippen molar-refractivity contribution in [2.24, 2.45) is 11.1 Å². The van der Waals surface area contributed by atoms with Crippen LogP contribution in [-0.2, 0) is 4.79 Å². The maximum atomic E-state index is 12.4. The first-order chi connectivity index (χ1) is 11.6. The Kier molecular flexibility index (Phi) is 5.64. The van der Waals surface area contributed by atoms with Gasteiger partial charge < -0.3 is 16.0 Å². The Morgan fingerprint density at radius 3 is 2.62 bits per heavy atom. The van der Waals surface area contributed by atoms with E-state index in [0.717, 1.165) is 45.4 Å². The number of carbonyl (C=O) groups is 2. The summed E-state index contributed by atoms with van der Waals surface area (Å²) in [5.41, 5.74) is 5.85. The molecule has 3 N–H and O–H groups in total. The number of likely N-dealkylation sites (tertiary alicyclic amines) is 2. The van der Waals surface area contributed by atoms with Crippen molar-refractivity contribution in [1.29, 1.82) is 0 Å². The van der Waals surface area contributed by atoms with E-state index in [4.69, 9.17) is 5.73 Å². The maximum absolute atomic E-state index is 12.4. The van der Waals surface area contributed by atoms with Gasteiger partial charge in [-0.05, 0) is 50.5 Å². The van der Waals surface area contributed by atoms with Gasteiger partial charge in [0.25, 0.3) is 0 Å². The summed E-state index contributed by atoms with van der Waals surface area (Å²) in [5.74, 6) is -0.216. The fourth-order valence-electron chi connectivity index (χ4n) is 4.82. The Balaban J connectivity index is 1.35. The highest BCUT2D eigenvalue weighted by Crippen LogP contribution is 2.43. The average Bonchev–Trinajstić information content (AvgIpc) is 3.20. The summed E-state index contributed by atoms with van der Waals surface area (Å²) in [6.45, 7) is 4.29. The first kappa shape index (κ1) is 17.5. The summed E-state index contributed by atoms with van der Waals surface area (Å²) < 4.78 is 0. The number of rotatable bonds is 5. The van der Waals surface area contributed by atoms with Crippen LogP contribution in [0.1, 0.15) is 57.8 Å². The molecule has 0 radical (unpaired) electrons. The molecule has 136 valence electrons. The Bertz CT molecular complexity index is 462. The van der Waals surface area contributed by atoms with Crippen LogP contribution in [0.4, 0.5) is 4.79 Å². The molecule has 3 amide bonds. The van der Waals surface area contributed by atoms with Gasteiger partial charge in [-0.1, -0.05) is 19.3 Å². The van der Waals surface area contributed by atoms with Gasteiger partial charge in [0.15, 0.2) is 0 Å². The smallest absolute Gasteiger partial charge is 0.317 e. The van der Waals surface area contributed by atoms with E-state index >= 15 is 0 Å². The summed E-state index contributed by atoms with van der Waals surface area (Å²) in [4.78, 5) is 27.9. The second-order valence-electron chi connectivity index (χ2n) is 7.91. The van der Waals surface area contributed by atoms with Crippen LogP contribution in [0.2, 0.25) is 0 Å². The fraction of sp³-hybridized carbons (Fsp3) is 0.889. The minimum atomic E-state index is -0.216. The Morgan fingerprint density at radius 1 is 1.08 bits per heavy atom. The maximum Gasteiger partial charge on any atom is 0.317 e. The highest BCUT2D eigenvalue weighted by Gasteiger charge is 2.40. The number of nitrogens with two attached hydrogens (primary N) is 1. The Hall–Kier alpha value is -1.30. The second-order valence-corrected chi connectivity index (χ2v) is 7.91. The summed E-state index contributed by atoms with van der Waals surface area (Å²) in [7, 11) is 0. The lowest BCUT2D eigenvalue weighted by atomic mass is 9.73. The number of primary amides is 1. The van der Waals surface area contributed by atoms with E-state index in [1.165, 1.54) is 38.5 Å². The number of urea groups is 1. The van der Waals surface area contributed by atoms with Crippen molar-refractivity contribution in [3.8, 4) is 0 Å². The van der Waals surface area contributed by atoms with Crippen LogP contribution < -0.4 is 11.1 Å². The highest BCUT2D eigenvalue weighted by atomic mass is 16.2. The molecule has 0 aromatic rings. The van der Waals surface area contributed by atoms with E-state index in [1.54, 1.807) is 0 Å². The Morgan fingerprint density at radius 2 is 1.88 bits per heavy atom. The van der Waals surface area contributed by atoms with Crippen molar-refractivity contribution < 1.29 is 9.59 Å². The van der Waals surface area contributed by atoms with Crippen molar-refractivity contribution in [2.45, 2.75) is 63.8 Å². The lowest BCUT2D eigenvalue weighted by molar-refractivity contribution is -0.122. The Labute approximate surface area is 145 Å². The van der Waals surface area contributed by atoms with E-state index in [2.05, 4.69) is 10.2 Å². The molecule has 2 aliphatic heterocycles. The van der Waals surface area contributed by atoms with E-state index in [9.17, 15) is 9.59 Å². The van der Waals surface area contributed by atoms with Crippen LogP contribution in [-0.4, -0.2) is 60.5 Å². The molecule has 6 heteroatoms. The SMILES string of the molecule is NC(=O)[C@@H]1CCCN1CCCNC(=O)N1CCC2(CCCCC2)C1. The summed E-state index contributed by atoms with van der Waals surface area (Å²) >= 11 is 0. The molecule has 3 aliphatic rings. The molecule has 0 aromatic heterocycles. The topological polar surface area (TPSA) is 78.7 Å². The second kappa shape index (κ2) is 7.72. The van der Waals surface area contributed by atoms with E-state index < -0.39 is 0 Å². The third-order valence-electron chi connectivity index (χ3n) is 6.23. The molecule has 6 nitrogen and oxygen atoms in total.